The van der Waals surface area contributed by atoms with Gasteiger partial charge in [0.15, 0.2) is 0 Å². The van der Waals surface area contributed by atoms with Crippen LogP contribution in [0, 0.1) is 0 Å². The van der Waals surface area contributed by atoms with Gasteiger partial charge in [0.25, 0.3) is 5.91 Å². The third-order valence-electron chi connectivity index (χ3n) is 3.44. The maximum atomic E-state index is 11.8. The standard InChI is InChI=1S/C13H21N5O4/c1-9(2)14-11(20)8-16-3-5-17(6-4-16)18-12(21)7-10(19)15-13(18)22/h9H,3-8H2,1-2H3,(H,14,20)(H,15,19,22). The van der Waals surface area contributed by atoms with Crippen LogP contribution < -0.4 is 10.6 Å². The Morgan fingerprint density at radius 1 is 1.18 bits per heavy atom. The molecule has 0 bridgehead atoms. The fourth-order valence-electron chi connectivity index (χ4n) is 2.49. The van der Waals surface area contributed by atoms with E-state index in [1.54, 1.807) is 5.01 Å². The minimum Gasteiger partial charge on any atom is -0.353 e. The molecule has 0 spiro atoms. The van der Waals surface area contributed by atoms with Crippen LogP contribution in [0.25, 0.3) is 0 Å². The summed E-state index contributed by atoms with van der Waals surface area (Å²) in [4.78, 5) is 48.4. The Morgan fingerprint density at radius 3 is 2.36 bits per heavy atom. The van der Waals surface area contributed by atoms with Gasteiger partial charge < -0.3 is 5.32 Å². The molecule has 0 atom stereocenters. The van der Waals surface area contributed by atoms with Crippen LogP contribution in [0.2, 0.25) is 0 Å². The van der Waals surface area contributed by atoms with Gasteiger partial charge in [-0.15, -0.1) is 0 Å². The monoisotopic (exact) mass is 311 g/mol. The lowest BCUT2D eigenvalue weighted by atomic mass is 10.3. The van der Waals surface area contributed by atoms with Crippen molar-refractivity contribution in [2.45, 2.75) is 26.3 Å². The highest BCUT2D eigenvalue weighted by Crippen LogP contribution is 2.11. The quantitative estimate of drug-likeness (QED) is 0.614. The zero-order chi connectivity index (χ0) is 16.3. The number of rotatable bonds is 4. The number of carbonyl (C=O) groups excluding carboxylic acids is 4. The molecule has 2 fully saturated rings. The Kier molecular flexibility index (Phi) is 5.09. The zero-order valence-corrected chi connectivity index (χ0v) is 12.8. The highest BCUT2D eigenvalue weighted by Gasteiger charge is 2.36. The fraction of sp³-hybridized carbons (Fsp3) is 0.692. The van der Waals surface area contributed by atoms with Crippen LogP contribution in [0.15, 0.2) is 0 Å². The van der Waals surface area contributed by atoms with E-state index in [1.807, 2.05) is 18.7 Å². The number of hydrazine groups is 1. The molecule has 0 unspecified atom stereocenters. The van der Waals surface area contributed by atoms with Crippen LogP contribution in [0.3, 0.4) is 0 Å². The average Bonchev–Trinajstić information content (AvgIpc) is 2.38. The first-order valence-corrected chi connectivity index (χ1v) is 7.30. The molecule has 0 aliphatic carbocycles. The van der Waals surface area contributed by atoms with Crippen molar-refractivity contribution in [3.63, 3.8) is 0 Å². The molecular weight excluding hydrogens is 290 g/mol. The van der Waals surface area contributed by atoms with Crippen molar-refractivity contribution in [1.29, 1.82) is 0 Å². The van der Waals surface area contributed by atoms with Crippen LogP contribution in [-0.2, 0) is 14.4 Å². The Bertz CT molecular complexity index is 465. The minimum atomic E-state index is -0.702. The number of urea groups is 1. The Balaban J connectivity index is 1.84. The van der Waals surface area contributed by atoms with Crippen LogP contribution in [-0.4, -0.2) is 77.4 Å². The second kappa shape index (κ2) is 6.84. The van der Waals surface area contributed by atoms with Gasteiger partial charge in [0, 0.05) is 32.2 Å². The first kappa shape index (κ1) is 16.4. The number of nitrogens with zero attached hydrogens (tertiary/aromatic N) is 3. The number of imide groups is 2. The van der Waals surface area contributed by atoms with Gasteiger partial charge in [0.05, 0.1) is 6.54 Å². The van der Waals surface area contributed by atoms with Crippen molar-refractivity contribution in [3.8, 4) is 0 Å². The number of hydrogen-bond donors (Lipinski definition) is 2. The minimum absolute atomic E-state index is 0.0409. The van der Waals surface area contributed by atoms with Crippen molar-refractivity contribution in [2.24, 2.45) is 0 Å². The van der Waals surface area contributed by atoms with Gasteiger partial charge in [-0.05, 0) is 13.8 Å². The van der Waals surface area contributed by atoms with E-state index in [2.05, 4.69) is 10.6 Å². The molecule has 2 aliphatic heterocycles. The SMILES string of the molecule is CC(C)NC(=O)CN1CCN(N2C(=O)CC(=O)NC2=O)CC1. The first-order valence-electron chi connectivity index (χ1n) is 7.30. The number of hydrogen-bond acceptors (Lipinski definition) is 6. The summed E-state index contributed by atoms with van der Waals surface area (Å²) in [5, 5.41) is 7.56. The fourth-order valence-corrected chi connectivity index (χ4v) is 2.49. The third kappa shape index (κ3) is 4.01. The van der Waals surface area contributed by atoms with Crippen LogP contribution in [0.1, 0.15) is 20.3 Å². The molecule has 9 heteroatoms. The van der Waals surface area contributed by atoms with Gasteiger partial charge in [-0.25, -0.2) is 9.80 Å². The molecule has 2 saturated heterocycles. The van der Waals surface area contributed by atoms with E-state index in [9.17, 15) is 19.2 Å². The predicted octanol–water partition coefficient (Wildman–Crippen LogP) is -1.49. The molecule has 0 aromatic carbocycles. The lowest BCUT2D eigenvalue weighted by molar-refractivity contribution is -0.150. The molecule has 0 radical (unpaired) electrons. The molecule has 5 amide bonds. The van der Waals surface area contributed by atoms with E-state index < -0.39 is 17.8 Å². The molecule has 2 aliphatic rings. The van der Waals surface area contributed by atoms with Gasteiger partial charge in [-0.1, -0.05) is 0 Å². The van der Waals surface area contributed by atoms with E-state index >= 15 is 0 Å². The van der Waals surface area contributed by atoms with E-state index in [0.29, 0.717) is 32.7 Å². The average molecular weight is 311 g/mol. The van der Waals surface area contributed by atoms with Crippen LogP contribution in [0.4, 0.5) is 4.79 Å². The number of carbonyl (C=O) groups is 4. The zero-order valence-electron chi connectivity index (χ0n) is 12.8. The Morgan fingerprint density at radius 2 is 1.82 bits per heavy atom. The lowest BCUT2D eigenvalue weighted by Gasteiger charge is -2.40. The lowest BCUT2D eigenvalue weighted by Crippen LogP contribution is -2.63. The molecule has 122 valence electrons. The molecule has 0 aromatic rings. The van der Waals surface area contributed by atoms with Crippen molar-refractivity contribution in [1.82, 2.24) is 25.6 Å². The first-order chi connectivity index (χ1) is 10.4. The summed E-state index contributed by atoms with van der Waals surface area (Å²) in [6.07, 6.45) is -0.317. The Hall–Kier alpha value is -2.00. The molecule has 9 nitrogen and oxygen atoms in total. The van der Waals surface area contributed by atoms with Crippen molar-refractivity contribution in [3.05, 3.63) is 0 Å². The summed E-state index contributed by atoms with van der Waals surface area (Å²) in [5.41, 5.74) is 0. The number of nitrogens with one attached hydrogen (secondary N) is 2. The number of amides is 5. The highest BCUT2D eigenvalue weighted by molar-refractivity contribution is 6.13. The van der Waals surface area contributed by atoms with E-state index in [1.165, 1.54) is 0 Å². The van der Waals surface area contributed by atoms with Crippen LogP contribution >= 0.6 is 0 Å². The van der Waals surface area contributed by atoms with Crippen molar-refractivity contribution in [2.75, 3.05) is 32.7 Å². The van der Waals surface area contributed by atoms with E-state index in [-0.39, 0.29) is 18.4 Å². The number of piperazine rings is 1. The summed E-state index contributed by atoms with van der Waals surface area (Å²) < 4.78 is 0. The van der Waals surface area contributed by atoms with Gasteiger partial charge >= 0.3 is 6.03 Å². The van der Waals surface area contributed by atoms with Gasteiger partial charge in [0.2, 0.25) is 11.8 Å². The molecule has 0 aromatic heterocycles. The third-order valence-corrected chi connectivity index (χ3v) is 3.44. The van der Waals surface area contributed by atoms with E-state index in [0.717, 1.165) is 5.01 Å². The molecule has 2 N–H and O–H groups in total. The number of barbiturate groups is 1. The Labute approximate surface area is 128 Å². The maximum absolute atomic E-state index is 11.8. The smallest absolute Gasteiger partial charge is 0.345 e. The molecule has 0 saturated carbocycles. The molecular formula is C13H21N5O4. The maximum Gasteiger partial charge on any atom is 0.345 e. The molecule has 2 rings (SSSR count). The summed E-state index contributed by atoms with van der Waals surface area (Å²) in [6, 6.07) is -0.603. The van der Waals surface area contributed by atoms with E-state index in [4.69, 9.17) is 0 Å². The highest BCUT2D eigenvalue weighted by atomic mass is 16.2. The second-order valence-electron chi connectivity index (χ2n) is 5.69. The van der Waals surface area contributed by atoms with Crippen molar-refractivity contribution >= 4 is 23.8 Å². The van der Waals surface area contributed by atoms with Gasteiger partial charge in [-0.2, -0.15) is 5.01 Å². The largest absolute Gasteiger partial charge is 0.353 e. The summed E-state index contributed by atoms with van der Waals surface area (Å²) in [6.45, 7) is 6.12. The molecule has 2 heterocycles. The predicted molar refractivity (Wildman–Crippen MR) is 76.3 cm³/mol. The van der Waals surface area contributed by atoms with Gasteiger partial charge in [0.1, 0.15) is 6.42 Å². The second-order valence-corrected chi connectivity index (χ2v) is 5.69. The van der Waals surface area contributed by atoms with Crippen molar-refractivity contribution < 1.29 is 19.2 Å². The van der Waals surface area contributed by atoms with Gasteiger partial charge in [-0.3, -0.25) is 24.6 Å². The topological polar surface area (TPSA) is 102 Å². The normalized spacial score (nSPS) is 21.2. The van der Waals surface area contributed by atoms with Crippen LogP contribution in [0.5, 0.6) is 0 Å². The summed E-state index contributed by atoms with van der Waals surface area (Å²) >= 11 is 0. The summed E-state index contributed by atoms with van der Waals surface area (Å²) in [5.74, 6) is -1.13. The summed E-state index contributed by atoms with van der Waals surface area (Å²) in [7, 11) is 0. The molecule has 22 heavy (non-hydrogen) atoms.